The van der Waals surface area contributed by atoms with Gasteiger partial charge in [0.15, 0.2) is 0 Å². The van der Waals surface area contributed by atoms with Crippen molar-refractivity contribution in [3.05, 3.63) is 59.2 Å². The fourth-order valence-corrected chi connectivity index (χ4v) is 4.18. The van der Waals surface area contributed by atoms with Crippen LogP contribution in [-0.4, -0.2) is 22.0 Å². The molecule has 2 heterocycles. The quantitative estimate of drug-likeness (QED) is 0.671. The van der Waals surface area contributed by atoms with E-state index < -0.39 is 0 Å². The Hall–Kier alpha value is -2.73. The molecular formula is C21H21N3O2S. The minimum atomic E-state index is -0.162. The standard InChI is InChI=1S/C21H21N3O2S/c1-14-19(27-21(23-14)18-11-4-5-12-22-18)20(25)24-15-7-6-10-17(13-15)26-16-8-2-3-9-16/h4-7,10-13,16H,2-3,8-9H2,1H3,(H,24,25). The van der Waals surface area contributed by atoms with Crippen LogP contribution in [0.1, 0.15) is 41.0 Å². The topological polar surface area (TPSA) is 64.1 Å². The summed E-state index contributed by atoms with van der Waals surface area (Å²) in [6.45, 7) is 1.84. The van der Waals surface area contributed by atoms with E-state index in [1.165, 1.54) is 24.2 Å². The average Bonchev–Trinajstić information content (AvgIpc) is 3.32. The highest BCUT2D eigenvalue weighted by Crippen LogP contribution is 2.28. The summed E-state index contributed by atoms with van der Waals surface area (Å²) in [5.41, 5.74) is 2.20. The highest BCUT2D eigenvalue weighted by Gasteiger charge is 2.18. The average molecular weight is 379 g/mol. The lowest BCUT2D eigenvalue weighted by Crippen LogP contribution is -2.13. The Labute approximate surface area is 162 Å². The van der Waals surface area contributed by atoms with Gasteiger partial charge in [-0.15, -0.1) is 11.3 Å². The van der Waals surface area contributed by atoms with E-state index in [0.717, 1.165) is 35.0 Å². The highest BCUT2D eigenvalue weighted by molar-refractivity contribution is 7.17. The van der Waals surface area contributed by atoms with Crippen molar-refractivity contribution in [2.75, 3.05) is 5.32 Å². The van der Waals surface area contributed by atoms with Crippen molar-refractivity contribution in [2.24, 2.45) is 0 Å². The van der Waals surface area contributed by atoms with Crippen LogP contribution in [0.5, 0.6) is 5.75 Å². The lowest BCUT2D eigenvalue weighted by atomic mass is 10.2. The van der Waals surface area contributed by atoms with Crippen LogP contribution in [0, 0.1) is 6.92 Å². The predicted octanol–water partition coefficient (Wildman–Crippen LogP) is 5.09. The lowest BCUT2D eigenvalue weighted by Gasteiger charge is -2.14. The molecule has 1 aromatic carbocycles. The second-order valence-corrected chi connectivity index (χ2v) is 7.65. The van der Waals surface area contributed by atoms with Gasteiger partial charge in [-0.3, -0.25) is 9.78 Å². The minimum Gasteiger partial charge on any atom is -0.490 e. The second kappa shape index (κ2) is 7.88. The molecule has 0 unspecified atom stereocenters. The zero-order valence-corrected chi connectivity index (χ0v) is 16.0. The second-order valence-electron chi connectivity index (χ2n) is 6.65. The third-order valence-electron chi connectivity index (χ3n) is 4.58. The molecule has 0 spiro atoms. The van der Waals surface area contributed by atoms with Gasteiger partial charge in [-0.1, -0.05) is 12.1 Å². The Kier molecular flexibility index (Phi) is 5.16. The number of benzene rings is 1. The van der Waals surface area contributed by atoms with E-state index in [-0.39, 0.29) is 5.91 Å². The Morgan fingerprint density at radius 3 is 2.81 bits per heavy atom. The fourth-order valence-electron chi connectivity index (χ4n) is 3.24. The Bertz CT molecular complexity index is 934. The number of nitrogens with one attached hydrogen (secondary N) is 1. The van der Waals surface area contributed by atoms with Crippen LogP contribution in [0.3, 0.4) is 0 Å². The van der Waals surface area contributed by atoms with Crippen LogP contribution in [-0.2, 0) is 0 Å². The van der Waals surface area contributed by atoms with Crippen molar-refractivity contribution in [3.63, 3.8) is 0 Å². The molecule has 138 valence electrons. The fraction of sp³-hybridized carbons (Fsp3) is 0.286. The number of thiazole rings is 1. The van der Waals surface area contributed by atoms with Crippen molar-refractivity contribution in [2.45, 2.75) is 38.7 Å². The first kappa shape index (κ1) is 17.7. The number of nitrogens with zero attached hydrogens (tertiary/aromatic N) is 2. The van der Waals surface area contributed by atoms with Crippen LogP contribution in [0.4, 0.5) is 5.69 Å². The summed E-state index contributed by atoms with van der Waals surface area (Å²) in [6.07, 6.45) is 6.68. The minimum absolute atomic E-state index is 0.162. The van der Waals surface area contributed by atoms with Crippen molar-refractivity contribution in [1.29, 1.82) is 0 Å². The summed E-state index contributed by atoms with van der Waals surface area (Å²) < 4.78 is 6.02. The first-order valence-electron chi connectivity index (χ1n) is 9.16. The number of amides is 1. The summed E-state index contributed by atoms with van der Waals surface area (Å²) in [7, 11) is 0. The molecule has 27 heavy (non-hydrogen) atoms. The molecule has 2 aromatic heterocycles. The van der Waals surface area contributed by atoms with Crippen molar-refractivity contribution >= 4 is 22.9 Å². The predicted molar refractivity (Wildman–Crippen MR) is 107 cm³/mol. The van der Waals surface area contributed by atoms with Crippen LogP contribution < -0.4 is 10.1 Å². The number of aromatic nitrogens is 2. The molecule has 5 nitrogen and oxygen atoms in total. The molecule has 0 aliphatic heterocycles. The lowest BCUT2D eigenvalue weighted by molar-refractivity contribution is 0.103. The third kappa shape index (κ3) is 4.17. The molecule has 1 N–H and O–H groups in total. The van der Waals surface area contributed by atoms with Crippen LogP contribution in [0.2, 0.25) is 0 Å². The van der Waals surface area contributed by atoms with Crippen LogP contribution in [0.15, 0.2) is 48.7 Å². The highest BCUT2D eigenvalue weighted by atomic mass is 32.1. The number of pyridine rings is 1. The van der Waals surface area contributed by atoms with Gasteiger partial charge in [-0.2, -0.15) is 0 Å². The van der Waals surface area contributed by atoms with Gasteiger partial charge in [0, 0.05) is 18.0 Å². The summed E-state index contributed by atoms with van der Waals surface area (Å²) in [4.78, 5) is 22.1. The molecule has 6 heteroatoms. The molecule has 0 saturated heterocycles. The van der Waals surface area contributed by atoms with E-state index in [2.05, 4.69) is 15.3 Å². The molecule has 1 aliphatic rings. The van der Waals surface area contributed by atoms with Gasteiger partial charge in [0.25, 0.3) is 5.91 Å². The molecule has 0 radical (unpaired) electrons. The molecule has 1 amide bonds. The van der Waals surface area contributed by atoms with Gasteiger partial charge < -0.3 is 10.1 Å². The van der Waals surface area contributed by atoms with Crippen LogP contribution in [0.25, 0.3) is 10.7 Å². The van der Waals surface area contributed by atoms with E-state index in [1.54, 1.807) is 6.20 Å². The zero-order chi connectivity index (χ0) is 18.6. The molecule has 4 rings (SSSR count). The van der Waals surface area contributed by atoms with Crippen molar-refractivity contribution in [1.82, 2.24) is 9.97 Å². The van der Waals surface area contributed by atoms with E-state index in [1.807, 2.05) is 49.4 Å². The normalized spacial score (nSPS) is 14.3. The van der Waals surface area contributed by atoms with Gasteiger partial charge in [0.1, 0.15) is 15.6 Å². The first-order valence-corrected chi connectivity index (χ1v) is 9.97. The number of carbonyl (C=O) groups is 1. The zero-order valence-electron chi connectivity index (χ0n) is 15.1. The molecule has 0 bridgehead atoms. The Morgan fingerprint density at radius 1 is 1.19 bits per heavy atom. The van der Waals surface area contributed by atoms with Gasteiger partial charge >= 0.3 is 0 Å². The number of anilines is 1. The first-order chi connectivity index (χ1) is 13.2. The van der Waals surface area contributed by atoms with Gasteiger partial charge in [0.05, 0.1) is 17.5 Å². The number of carbonyl (C=O) groups excluding carboxylic acids is 1. The van der Waals surface area contributed by atoms with E-state index in [0.29, 0.717) is 16.7 Å². The molecule has 1 saturated carbocycles. The number of hydrogen-bond acceptors (Lipinski definition) is 5. The molecule has 0 atom stereocenters. The number of rotatable bonds is 5. The maximum atomic E-state index is 12.7. The van der Waals surface area contributed by atoms with E-state index in [4.69, 9.17) is 4.74 Å². The third-order valence-corrected chi connectivity index (χ3v) is 5.76. The number of ether oxygens (including phenoxy) is 1. The number of aryl methyl sites for hydroxylation is 1. The van der Waals surface area contributed by atoms with Gasteiger partial charge in [0.2, 0.25) is 0 Å². The van der Waals surface area contributed by atoms with Gasteiger partial charge in [-0.05, 0) is 56.9 Å². The number of hydrogen-bond donors (Lipinski definition) is 1. The summed E-state index contributed by atoms with van der Waals surface area (Å²) in [5.74, 6) is 0.639. The maximum absolute atomic E-state index is 12.7. The Balaban J connectivity index is 1.48. The summed E-state index contributed by atoms with van der Waals surface area (Å²) in [5, 5.41) is 3.71. The summed E-state index contributed by atoms with van der Waals surface area (Å²) in [6, 6.07) is 13.3. The van der Waals surface area contributed by atoms with Crippen molar-refractivity contribution < 1.29 is 9.53 Å². The molecular weight excluding hydrogens is 358 g/mol. The van der Waals surface area contributed by atoms with E-state index in [9.17, 15) is 4.79 Å². The Morgan fingerprint density at radius 2 is 2.04 bits per heavy atom. The van der Waals surface area contributed by atoms with Crippen LogP contribution >= 0.6 is 11.3 Å². The molecule has 3 aromatic rings. The molecule has 1 fully saturated rings. The monoisotopic (exact) mass is 379 g/mol. The molecule has 1 aliphatic carbocycles. The van der Waals surface area contributed by atoms with Gasteiger partial charge in [-0.25, -0.2) is 4.98 Å². The maximum Gasteiger partial charge on any atom is 0.267 e. The smallest absolute Gasteiger partial charge is 0.267 e. The SMILES string of the molecule is Cc1nc(-c2ccccn2)sc1C(=O)Nc1cccc(OC2CCCC2)c1. The summed E-state index contributed by atoms with van der Waals surface area (Å²) >= 11 is 1.35. The van der Waals surface area contributed by atoms with E-state index >= 15 is 0 Å². The largest absolute Gasteiger partial charge is 0.490 e. The van der Waals surface area contributed by atoms with Crippen molar-refractivity contribution in [3.8, 4) is 16.5 Å².